The fourth-order valence-corrected chi connectivity index (χ4v) is 4.05. The number of hydrogen-bond acceptors (Lipinski definition) is 4. The first-order chi connectivity index (χ1) is 12.3. The molecule has 1 aromatic heterocycles. The molecule has 0 saturated heterocycles. The number of nitrogens with zero attached hydrogens (tertiary/aromatic N) is 2. The number of halogens is 1. The Morgan fingerprint density at radius 2 is 1.96 bits per heavy atom. The lowest BCUT2D eigenvalue weighted by Crippen LogP contribution is -2.40. The first-order valence-corrected chi connectivity index (χ1v) is 9.96. The van der Waals surface area contributed by atoms with E-state index in [1.165, 1.54) is 10.1 Å². The summed E-state index contributed by atoms with van der Waals surface area (Å²) >= 11 is 1.64. The monoisotopic (exact) mass is 504 g/mol. The molecule has 0 aliphatic heterocycles. The highest BCUT2D eigenvalue weighted by Gasteiger charge is 2.19. The van der Waals surface area contributed by atoms with Gasteiger partial charge < -0.3 is 20.6 Å². The first kappa shape index (κ1) is 24.1. The molecule has 1 atom stereocenters. The number of rotatable bonds is 8. The molecule has 2 aromatic rings. The number of aliphatic imine (C=N–C) groups is 1. The number of aliphatic hydroxyl groups excluding tert-OH is 1. The number of hydrogen-bond donors (Lipinski definition) is 3. The van der Waals surface area contributed by atoms with Gasteiger partial charge in [-0.3, -0.25) is 4.99 Å². The number of nitrogens with one attached hydrogen (secondary N) is 2. The molecule has 0 saturated carbocycles. The summed E-state index contributed by atoms with van der Waals surface area (Å²) in [4.78, 5) is 7.86. The summed E-state index contributed by atoms with van der Waals surface area (Å²) in [5.74, 6) is 0.750. The third kappa shape index (κ3) is 7.93. The number of thiophene rings is 1. The molecule has 2 rings (SSSR count). The van der Waals surface area contributed by atoms with E-state index in [2.05, 4.69) is 61.7 Å². The quantitative estimate of drug-likeness (QED) is 0.292. The Hall–Kier alpha value is -0.900. The largest absolute Gasteiger partial charge is 0.386 e. The van der Waals surface area contributed by atoms with Crippen molar-refractivity contribution in [1.29, 1.82) is 0 Å². The summed E-state index contributed by atoms with van der Waals surface area (Å²) < 4.78 is 1.20. The SMILES string of the molecule is CCNC(=NCC(C)(C)CN(C)C)NCC(O)c1cc2ccccc2s1.I. The Morgan fingerprint density at radius 3 is 2.59 bits per heavy atom. The van der Waals surface area contributed by atoms with Gasteiger partial charge >= 0.3 is 0 Å². The van der Waals surface area contributed by atoms with Crippen molar-refractivity contribution in [3.05, 3.63) is 35.2 Å². The zero-order valence-corrected chi connectivity index (χ0v) is 20.1. The molecule has 1 unspecified atom stereocenters. The Morgan fingerprint density at radius 1 is 1.26 bits per heavy atom. The van der Waals surface area contributed by atoms with Gasteiger partial charge in [0.25, 0.3) is 0 Å². The van der Waals surface area contributed by atoms with Crippen molar-refractivity contribution in [3.63, 3.8) is 0 Å². The van der Waals surface area contributed by atoms with E-state index in [1.807, 2.05) is 19.1 Å². The van der Waals surface area contributed by atoms with Crippen LogP contribution in [0, 0.1) is 5.41 Å². The first-order valence-electron chi connectivity index (χ1n) is 9.14. The molecule has 0 aliphatic carbocycles. The maximum Gasteiger partial charge on any atom is 0.191 e. The van der Waals surface area contributed by atoms with Crippen molar-refractivity contribution in [2.24, 2.45) is 10.4 Å². The Labute approximate surface area is 184 Å². The molecule has 0 spiro atoms. The molecule has 5 nitrogen and oxygen atoms in total. The van der Waals surface area contributed by atoms with Crippen LogP contribution < -0.4 is 10.6 Å². The molecule has 3 N–H and O–H groups in total. The van der Waals surface area contributed by atoms with Gasteiger partial charge in [0.1, 0.15) is 6.10 Å². The molecular formula is C20H33IN4OS. The third-order valence-electron chi connectivity index (χ3n) is 3.99. The molecular weight excluding hydrogens is 471 g/mol. The van der Waals surface area contributed by atoms with Crippen LogP contribution in [0.25, 0.3) is 10.1 Å². The zero-order chi connectivity index (χ0) is 19.2. The smallest absolute Gasteiger partial charge is 0.191 e. The number of aliphatic hydroxyl groups is 1. The number of fused-ring (bicyclic) bond motifs is 1. The average molecular weight is 504 g/mol. The molecule has 0 bridgehead atoms. The van der Waals surface area contributed by atoms with Crippen LogP contribution in [0.1, 0.15) is 31.8 Å². The third-order valence-corrected chi connectivity index (χ3v) is 5.21. The van der Waals surface area contributed by atoms with Gasteiger partial charge in [-0.15, -0.1) is 35.3 Å². The topological polar surface area (TPSA) is 59.9 Å². The summed E-state index contributed by atoms with van der Waals surface area (Å²) in [5, 5.41) is 18.3. The standard InChI is InChI=1S/C20H32N4OS.HI/c1-6-21-19(23-13-20(2,3)14-24(4)5)22-12-16(25)18-11-15-9-7-8-10-17(15)26-18;/h7-11,16,25H,6,12-14H2,1-5H3,(H2,21,22,23);1H. The van der Waals surface area contributed by atoms with Gasteiger partial charge in [0.15, 0.2) is 5.96 Å². The highest BCUT2D eigenvalue weighted by molar-refractivity contribution is 14.0. The van der Waals surface area contributed by atoms with Gasteiger partial charge in [0.05, 0.1) is 0 Å². The van der Waals surface area contributed by atoms with Crippen LogP contribution >= 0.6 is 35.3 Å². The molecule has 0 fully saturated rings. The van der Waals surface area contributed by atoms with Crippen molar-refractivity contribution in [2.45, 2.75) is 26.9 Å². The Kier molecular flexibility index (Phi) is 10.0. The van der Waals surface area contributed by atoms with Crippen LogP contribution in [0.5, 0.6) is 0 Å². The van der Waals surface area contributed by atoms with Crippen LogP contribution in [-0.2, 0) is 0 Å². The fourth-order valence-electron chi connectivity index (χ4n) is 3.00. The van der Waals surface area contributed by atoms with Gasteiger partial charge in [-0.05, 0) is 44.0 Å². The van der Waals surface area contributed by atoms with E-state index in [-0.39, 0.29) is 29.4 Å². The predicted molar refractivity (Wildman–Crippen MR) is 129 cm³/mol. The number of benzene rings is 1. The normalized spacial score (nSPS) is 13.5. The van der Waals surface area contributed by atoms with Gasteiger partial charge in [-0.2, -0.15) is 0 Å². The molecule has 0 amide bonds. The van der Waals surface area contributed by atoms with Crippen molar-refractivity contribution < 1.29 is 5.11 Å². The zero-order valence-electron chi connectivity index (χ0n) is 17.0. The van der Waals surface area contributed by atoms with Gasteiger partial charge in [-0.1, -0.05) is 32.0 Å². The lowest BCUT2D eigenvalue weighted by atomic mass is 9.93. The Bertz CT molecular complexity index is 697. The van der Waals surface area contributed by atoms with Gasteiger partial charge in [-0.25, -0.2) is 0 Å². The maximum atomic E-state index is 10.5. The van der Waals surface area contributed by atoms with Crippen LogP contribution in [0.15, 0.2) is 35.3 Å². The van der Waals surface area contributed by atoms with Gasteiger partial charge in [0, 0.05) is 35.8 Å². The lowest BCUT2D eigenvalue weighted by Gasteiger charge is -2.27. The van der Waals surface area contributed by atoms with Crippen molar-refractivity contribution in [3.8, 4) is 0 Å². The summed E-state index contributed by atoms with van der Waals surface area (Å²) in [6.45, 7) is 9.40. The van der Waals surface area contributed by atoms with Crippen molar-refractivity contribution in [2.75, 3.05) is 40.3 Å². The second kappa shape index (κ2) is 11.2. The Balaban J connectivity index is 0.00000364. The van der Waals surface area contributed by atoms with E-state index >= 15 is 0 Å². The molecule has 1 aromatic carbocycles. The molecule has 152 valence electrons. The minimum Gasteiger partial charge on any atom is -0.386 e. The lowest BCUT2D eigenvalue weighted by molar-refractivity contribution is 0.184. The summed E-state index contributed by atoms with van der Waals surface area (Å²) in [7, 11) is 4.16. The fraction of sp³-hybridized carbons (Fsp3) is 0.550. The second-order valence-electron chi connectivity index (χ2n) is 7.68. The van der Waals surface area contributed by atoms with Crippen molar-refractivity contribution >= 4 is 51.4 Å². The van der Waals surface area contributed by atoms with Crippen LogP contribution in [0.2, 0.25) is 0 Å². The second-order valence-corrected chi connectivity index (χ2v) is 8.80. The maximum absolute atomic E-state index is 10.5. The van der Waals surface area contributed by atoms with Crippen LogP contribution in [0.4, 0.5) is 0 Å². The molecule has 27 heavy (non-hydrogen) atoms. The van der Waals surface area contributed by atoms with Crippen LogP contribution in [-0.4, -0.2) is 56.2 Å². The van der Waals surface area contributed by atoms with E-state index in [4.69, 9.17) is 4.99 Å². The predicted octanol–water partition coefficient (Wildman–Crippen LogP) is 3.70. The van der Waals surface area contributed by atoms with E-state index in [0.717, 1.165) is 30.5 Å². The summed E-state index contributed by atoms with van der Waals surface area (Å²) in [5.41, 5.74) is 0.0932. The molecule has 7 heteroatoms. The highest BCUT2D eigenvalue weighted by atomic mass is 127. The van der Waals surface area contributed by atoms with E-state index in [9.17, 15) is 5.11 Å². The van der Waals surface area contributed by atoms with E-state index in [0.29, 0.717) is 6.54 Å². The van der Waals surface area contributed by atoms with E-state index < -0.39 is 6.10 Å². The minimum atomic E-state index is -0.550. The molecule has 1 heterocycles. The molecule has 0 radical (unpaired) electrons. The average Bonchev–Trinajstić information content (AvgIpc) is 3.00. The van der Waals surface area contributed by atoms with E-state index in [1.54, 1.807) is 11.3 Å². The minimum absolute atomic E-state index is 0. The summed E-state index contributed by atoms with van der Waals surface area (Å²) in [6.07, 6.45) is -0.550. The molecule has 0 aliphatic rings. The van der Waals surface area contributed by atoms with Crippen molar-refractivity contribution in [1.82, 2.24) is 15.5 Å². The van der Waals surface area contributed by atoms with Gasteiger partial charge in [0.2, 0.25) is 0 Å². The summed E-state index contributed by atoms with van der Waals surface area (Å²) in [6, 6.07) is 10.3. The van der Waals surface area contributed by atoms with Crippen LogP contribution in [0.3, 0.4) is 0 Å². The number of guanidine groups is 1. The highest BCUT2D eigenvalue weighted by Crippen LogP contribution is 2.29.